The van der Waals surface area contributed by atoms with Crippen LogP contribution in [0.4, 0.5) is 20.6 Å². The fourth-order valence-electron chi connectivity index (χ4n) is 3.92. The van der Waals surface area contributed by atoms with Crippen molar-refractivity contribution in [1.82, 2.24) is 10.1 Å². The lowest BCUT2D eigenvalue weighted by molar-refractivity contribution is 0.252. The smallest absolute Gasteiger partial charge is 0.343 e. The van der Waals surface area contributed by atoms with E-state index < -0.39 is 21.9 Å². The maximum absolute atomic E-state index is 13.5. The lowest BCUT2D eigenvalue weighted by Gasteiger charge is -2.35. The third kappa shape index (κ3) is 3.81. The molecule has 3 aromatic carbocycles. The average Bonchev–Trinajstić information content (AvgIpc) is 3.35. The maximum Gasteiger partial charge on any atom is 0.343 e. The van der Waals surface area contributed by atoms with Gasteiger partial charge < -0.3 is 14.0 Å². The van der Waals surface area contributed by atoms with Crippen molar-refractivity contribution in [3.8, 4) is 22.9 Å². The van der Waals surface area contributed by atoms with E-state index in [4.69, 9.17) is 14.0 Å². The Hall–Kier alpha value is -4.45. The van der Waals surface area contributed by atoms with E-state index in [1.54, 1.807) is 30.3 Å². The van der Waals surface area contributed by atoms with Gasteiger partial charge in [0.1, 0.15) is 17.3 Å². The van der Waals surface area contributed by atoms with Crippen LogP contribution in [0.25, 0.3) is 11.4 Å². The molecule has 0 atom stereocenters. The van der Waals surface area contributed by atoms with Crippen LogP contribution in [0.1, 0.15) is 5.89 Å². The van der Waals surface area contributed by atoms with Gasteiger partial charge in [-0.25, -0.2) is 17.6 Å². The van der Waals surface area contributed by atoms with Gasteiger partial charge in [-0.15, -0.1) is 0 Å². The van der Waals surface area contributed by atoms with Crippen molar-refractivity contribution < 1.29 is 31.6 Å². The SMILES string of the molecule is COc1cccc(-c2noc(CN3C(=O)N(c4ccc(F)cc4)S(=O)(=O)c4ccccc43)n2)c1OC. The van der Waals surface area contributed by atoms with Crippen LogP contribution >= 0.6 is 0 Å². The summed E-state index contributed by atoms with van der Waals surface area (Å²) in [5.41, 5.74) is 0.653. The van der Waals surface area contributed by atoms with E-state index in [1.807, 2.05) is 0 Å². The van der Waals surface area contributed by atoms with E-state index in [9.17, 15) is 17.6 Å². The molecule has 0 spiro atoms. The molecule has 0 saturated heterocycles. The number of anilines is 2. The van der Waals surface area contributed by atoms with Gasteiger partial charge in [0.25, 0.3) is 10.0 Å². The highest BCUT2D eigenvalue weighted by Gasteiger charge is 2.43. The molecule has 5 rings (SSSR count). The van der Waals surface area contributed by atoms with Gasteiger partial charge in [-0.05, 0) is 48.5 Å². The van der Waals surface area contributed by atoms with Gasteiger partial charge in [-0.1, -0.05) is 23.4 Å². The van der Waals surface area contributed by atoms with Gasteiger partial charge in [0.05, 0.1) is 31.2 Å². The predicted molar refractivity (Wildman–Crippen MR) is 127 cm³/mol. The fraction of sp³-hybridized carbons (Fsp3) is 0.125. The molecule has 1 aromatic heterocycles. The zero-order valence-corrected chi connectivity index (χ0v) is 19.9. The molecule has 0 aliphatic carbocycles. The van der Waals surface area contributed by atoms with Gasteiger partial charge in [-0.2, -0.15) is 9.29 Å². The number of nitrogens with zero attached hydrogens (tertiary/aromatic N) is 4. The third-order valence-electron chi connectivity index (χ3n) is 5.55. The van der Waals surface area contributed by atoms with Gasteiger partial charge in [-0.3, -0.25) is 4.90 Å². The number of ether oxygens (including phenoxy) is 2. The van der Waals surface area contributed by atoms with Gasteiger partial charge in [0.2, 0.25) is 11.7 Å². The number of hydrogen-bond donors (Lipinski definition) is 0. The normalized spacial score (nSPS) is 14.5. The molecule has 2 amide bonds. The molecule has 0 radical (unpaired) electrons. The summed E-state index contributed by atoms with van der Waals surface area (Å²) in [5.74, 6) is 0.559. The fourth-order valence-corrected chi connectivity index (χ4v) is 5.51. The number of urea groups is 1. The Morgan fingerprint density at radius 3 is 2.44 bits per heavy atom. The number of methoxy groups -OCH3 is 2. The van der Waals surface area contributed by atoms with Gasteiger partial charge >= 0.3 is 6.03 Å². The van der Waals surface area contributed by atoms with Crippen LogP contribution in [-0.2, 0) is 16.6 Å². The summed E-state index contributed by atoms with van der Waals surface area (Å²) in [5, 5.41) is 4.00. The first-order chi connectivity index (χ1) is 17.3. The number of fused-ring (bicyclic) bond motifs is 1. The van der Waals surface area contributed by atoms with Crippen LogP contribution < -0.4 is 18.7 Å². The molecule has 2 heterocycles. The molecule has 0 unspecified atom stereocenters. The molecular weight excluding hydrogens is 491 g/mol. The first-order valence-electron chi connectivity index (χ1n) is 10.6. The minimum atomic E-state index is -4.26. The number of rotatable bonds is 6. The minimum Gasteiger partial charge on any atom is -0.493 e. The Kier molecular flexibility index (Phi) is 5.80. The van der Waals surface area contributed by atoms with E-state index in [0.717, 1.165) is 12.1 Å². The largest absolute Gasteiger partial charge is 0.493 e. The molecule has 184 valence electrons. The average molecular weight is 511 g/mol. The van der Waals surface area contributed by atoms with E-state index in [-0.39, 0.29) is 34.5 Å². The minimum absolute atomic E-state index is 0.00626. The van der Waals surface area contributed by atoms with Crippen molar-refractivity contribution in [2.45, 2.75) is 11.4 Å². The maximum atomic E-state index is 13.5. The second kappa shape index (κ2) is 8.96. The van der Waals surface area contributed by atoms with Crippen LogP contribution in [-0.4, -0.2) is 38.8 Å². The molecular formula is C24H19FN4O6S. The molecule has 0 bridgehead atoms. The van der Waals surface area contributed by atoms with Crippen LogP contribution in [0.15, 0.2) is 76.1 Å². The van der Waals surface area contributed by atoms with E-state index in [0.29, 0.717) is 21.4 Å². The number of carbonyl (C=O) groups excluding carboxylic acids is 1. The Labute approximate surface area is 205 Å². The second-order valence-corrected chi connectivity index (χ2v) is 9.39. The van der Waals surface area contributed by atoms with Crippen molar-refractivity contribution in [3.63, 3.8) is 0 Å². The molecule has 36 heavy (non-hydrogen) atoms. The molecule has 10 nitrogen and oxygen atoms in total. The number of carbonyl (C=O) groups is 1. The predicted octanol–water partition coefficient (Wildman–Crippen LogP) is 4.23. The van der Waals surface area contributed by atoms with E-state index in [2.05, 4.69) is 10.1 Å². The van der Waals surface area contributed by atoms with Crippen LogP contribution in [0.3, 0.4) is 0 Å². The highest BCUT2D eigenvalue weighted by molar-refractivity contribution is 7.94. The van der Waals surface area contributed by atoms with Crippen molar-refractivity contribution in [2.75, 3.05) is 23.4 Å². The molecule has 0 fully saturated rings. The number of amides is 2. The van der Waals surface area contributed by atoms with Crippen molar-refractivity contribution in [2.24, 2.45) is 0 Å². The van der Waals surface area contributed by atoms with Crippen LogP contribution in [0, 0.1) is 5.82 Å². The summed E-state index contributed by atoms with van der Waals surface area (Å²) < 4.78 is 56.9. The standard InChI is InChI=1S/C24H19FN4O6S/c1-33-19-8-5-6-17(22(19)34-2)23-26-21(35-27-23)14-28-18-7-3-4-9-20(18)36(31,32)29(24(28)30)16-12-10-15(25)11-13-16/h3-13H,14H2,1-2H3. The second-order valence-electron chi connectivity index (χ2n) is 7.64. The number of para-hydroxylation sites is 2. The van der Waals surface area contributed by atoms with Crippen molar-refractivity contribution in [3.05, 3.63) is 78.4 Å². The molecule has 4 aromatic rings. The summed E-state index contributed by atoms with van der Waals surface area (Å²) >= 11 is 0. The third-order valence-corrected chi connectivity index (χ3v) is 7.29. The molecule has 12 heteroatoms. The highest BCUT2D eigenvalue weighted by atomic mass is 32.2. The topological polar surface area (TPSA) is 115 Å². The van der Waals surface area contributed by atoms with Crippen LogP contribution in [0.2, 0.25) is 0 Å². The monoisotopic (exact) mass is 510 g/mol. The quantitative estimate of drug-likeness (QED) is 0.379. The van der Waals surface area contributed by atoms with Crippen molar-refractivity contribution >= 4 is 27.4 Å². The number of aromatic nitrogens is 2. The number of halogens is 1. The van der Waals surface area contributed by atoms with Gasteiger partial charge in [0, 0.05) is 0 Å². The zero-order valence-electron chi connectivity index (χ0n) is 19.1. The summed E-state index contributed by atoms with van der Waals surface area (Å²) in [6, 6.07) is 15.0. The van der Waals surface area contributed by atoms with E-state index >= 15 is 0 Å². The van der Waals surface area contributed by atoms with Crippen molar-refractivity contribution in [1.29, 1.82) is 0 Å². The first-order valence-corrected chi connectivity index (χ1v) is 12.0. The molecule has 0 N–H and O–H groups in total. The van der Waals surface area contributed by atoms with Gasteiger partial charge in [0.15, 0.2) is 11.5 Å². The summed E-state index contributed by atoms with van der Waals surface area (Å²) in [6.07, 6.45) is 0. The summed E-state index contributed by atoms with van der Waals surface area (Å²) in [6.45, 7) is -0.220. The lowest BCUT2D eigenvalue weighted by atomic mass is 10.1. The molecule has 0 saturated carbocycles. The number of benzene rings is 3. The Morgan fingerprint density at radius 1 is 0.972 bits per heavy atom. The molecule has 1 aliphatic heterocycles. The summed E-state index contributed by atoms with van der Waals surface area (Å²) in [7, 11) is -1.27. The Morgan fingerprint density at radius 2 is 1.72 bits per heavy atom. The number of hydrogen-bond acceptors (Lipinski definition) is 8. The Bertz CT molecular complexity index is 1560. The first kappa shape index (κ1) is 23.3. The summed E-state index contributed by atoms with van der Waals surface area (Å²) in [4.78, 5) is 19.0. The van der Waals surface area contributed by atoms with E-state index in [1.165, 1.54) is 43.4 Å². The Balaban J connectivity index is 1.55. The molecule has 1 aliphatic rings. The number of sulfonamides is 1. The lowest BCUT2D eigenvalue weighted by Crippen LogP contribution is -2.50. The van der Waals surface area contributed by atoms with Crippen LogP contribution in [0.5, 0.6) is 11.5 Å². The zero-order chi connectivity index (χ0) is 25.4. The highest BCUT2D eigenvalue weighted by Crippen LogP contribution is 2.39.